The van der Waals surface area contributed by atoms with Crippen LogP contribution in [0.5, 0.6) is 0 Å². The summed E-state index contributed by atoms with van der Waals surface area (Å²) in [5.74, 6) is 0. The minimum Gasteiger partial charge on any atom is -0.396 e. The lowest BCUT2D eigenvalue weighted by molar-refractivity contribution is 0.283. The highest BCUT2D eigenvalue weighted by Gasteiger charge is 2.27. The Morgan fingerprint density at radius 3 is 2.79 bits per heavy atom. The Bertz CT molecular complexity index is 266. The van der Waals surface area contributed by atoms with Crippen LogP contribution < -0.4 is 5.32 Å². The van der Waals surface area contributed by atoms with Crippen LogP contribution in [-0.2, 0) is 10.0 Å². The first-order valence-corrected chi connectivity index (χ1v) is 6.68. The second-order valence-electron chi connectivity index (χ2n) is 3.64. The molecule has 0 aromatic carbocycles. The van der Waals surface area contributed by atoms with Crippen molar-refractivity contribution in [2.75, 3.05) is 32.5 Å². The zero-order valence-corrected chi connectivity index (χ0v) is 9.26. The predicted molar refractivity (Wildman–Crippen MR) is 54.5 cm³/mol. The van der Waals surface area contributed by atoms with E-state index in [-0.39, 0.29) is 12.6 Å². The van der Waals surface area contributed by atoms with Crippen LogP contribution in [0.15, 0.2) is 0 Å². The lowest BCUT2D eigenvalue weighted by Crippen LogP contribution is -2.35. The first kappa shape index (κ1) is 11.9. The van der Waals surface area contributed by atoms with Crippen LogP contribution in [0.25, 0.3) is 0 Å². The van der Waals surface area contributed by atoms with Crippen LogP contribution in [0, 0.1) is 0 Å². The van der Waals surface area contributed by atoms with Crippen molar-refractivity contribution in [1.29, 1.82) is 0 Å². The smallest absolute Gasteiger partial charge is 0.211 e. The van der Waals surface area contributed by atoms with E-state index in [1.807, 2.05) is 0 Å². The van der Waals surface area contributed by atoms with E-state index in [9.17, 15) is 8.42 Å². The quantitative estimate of drug-likeness (QED) is 0.585. The molecule has 0 aromatic rings. The third kappa shape index (κ3) is 3.53. The van der Waals surface area contributed by atoms with Gasteiger partial charge in [-0.3, -0.25) is 0 Å². The Labute approximate surface area is 85.2 Å². The van der Waals surface area contributed by atoms with Gasteiger partial charge in [-0.25, -0.2) is 12.7 Å². The number of rotatable bonds is 5. The Balaban J connectivity index is 2.28. The molecule has 2 N–H and O–H groups in total. The second-order valence-corrected chi connectivity index (χ2v) is 5.62. The first-order chi connectivity index (χ1) is 6.54. The van der Waals surface area contributed by atoms with Gasteiger partial charge < -0.3 is 10.4 Å². The number of nitrogens with zero attached hydrogens (tertiary/aromatic N) is 1. The van der Waals surface area contributed by atoms with Crippen molar-refractivity contribution in [3.63, 3.8) is 0 Å². The van der Waals surface area contributed by atoms with Crippen molar-refractivity contribution in [2.24, 2.45) is 0 Å². The lowest BCUT2D eigenvalue weighted by atomic mass is 10.2. The molecule has 6 heteroatoms. The molecule has 1 rings (SSSR count). The van der Waals surface area contributed by atoms with Crippen LogP contribution in [-0.4, -0.2) is 56.4 Å². The summed E-state index contributed by atoms with van der Waals surface area (Å²) in [5, 5.41) is 11.8. The van der Waals surface area contributed by atoms with E-state index in [2.05, 4.69) is 5.32 Å². The number of hydrogen-bond donors (Lipinski definition) is 2. The van der Waals surface area contributed by atoms with E-state index in [1.54, 1.807) is 0 Å². The number of aliphatic hydroxyl groups is 1. The Morgan fingerprint density at radius 2 is 2.29 bits per heavy atom. The van der Waals surface area contributed by atoms with Gasteiger partial charge in [0.25, 0.3) is 0 Å². The molecule has 0 aromatic heterocycles. The normalized spacial score (nSPS) is 24.3. The van der Waals surface area contributed by atoms with Crippen molar-refractivity contribution < 1.29 is 13.5 Å². The van der Waals surface area contributed by atoms with Gasteiger partial charge in [-0.15, -0.1) is 0 Å². The maximum Gasteiger partial charge on any atom is 0.211 e. The fraction of sp³-hybridized carbons (Fsp3) is 1.00. The number of sulfonamides is 1. The standard InChI is InChI=1S/C8H18N2O3S/c1-14(12,13)10-5-3-8(7-10)9-4-2-6-11/h8-9,11H,2-7H2,1H3. The minimum atomic E-state index is -3.02. The molecule has 84 valence electrons. The van der Waals surface area contributed by atoms with Gasteiger partial charge in [-0.05, 0) is 19.4 Å². The van der Waals surface area contributed by atoms with Crippen LogP contribution in [0.4, 0.5) is 0 Å². The monoisotopic (exact) mass is 222 g/mol. The molecule has 1 aliphatic heterocycles. The molecule has 1 saturated heterocycles. The molecule has 0 spiro atoms. The number of hydrogen-bond acceptors (Lipinski definition) is 4. The van der Waals surface area contributed by atoms with Crippen LogP contribution in [0.2, 0.25) is 0 Å². The molecule has 1 atom stereocenters. The minimum absolute atomic E-state index is 0.176. The predicted octanol–water partition coefficient (Wildman–Crippen LogP) is -1.01. The fourth-order valence-electron chi connectivity index (χ4n) is 1.58. The highest BCUT2D eigenvalue weighted by Crippen LogP contribution is 2.12. The lowest BCUT2D eigenvalue weighted by Gasteiger charge is -2.14. The summed E-state index contributed by atoms with van der Waals surface area (Å²) < 4.78 is 23.8. The fourth-order valence-corrected chi connectivity index (χ4v) is 2.47. The summed E-state index contributed by atoms with van der Waals surface area (Å²) in [5.41, 5.74) is 0. The van der Waals surface area contributed by atoms with E-state index in [0.717, 1.165) is 19.4 Å². The molecule has 1 fully saturated rings. The summed E-state index contributed by atoms with van der Waals surface area (Å²) in [6.45, 7) is 2.09. The number of aliphatic hydroxyl groups excluding tert-OH is 1. The molecule has 1 unspecified atom stereocenters. The molecule has 0 amide bonds. The Morgan fingerprint density at radius 1 is 1.57 bits per heavy atom. The highest BCUT2D eigenvalue weighted by atomic mass is 32.2. The van der Waals surface area contributed by atoms with Crippen LogP contribution in [0.1, 0.15) is 12.8 Å². The molecule has 0 bridgehead atoms. The Kier molecular flexibility index (Phi) is 4.31. The van der Waals surface area contributed by atoms with Gasteiger partial charge in [0.05, 0.1) is 6.26 Å². The third-order valence-corrected chi connectivity index (χ3v) is 3.66. The van der Waals surface area contributed by atoms with Crippen molar-refractivity contribution in [2.45, 2.75) is 18.9 Å². The maximum absolute atomic E-state index is 11.2. The SMILES string of the molecule is CS(=O)(=O)N1CCC(NCCCO)C1. The zero-order chi connectivity index (χ0) is 10.6. The molecule has 0 radical (unpaired) electrons. The van der Waals surface area contributed by atoms with E-state index in [1.165, 1.54) is 10.6 Å². The summed E-state index contributed by atoms with van der Waals surface area (Å²) in [6, 6.07) is 0.247. The summed E-state index contributed by atoms with van der Waals surface area (Å²) >= 11 is 0. The van der Waals surface area contributed by atoms with Gasteiger partial charge in [0.15, 0.2) is 0 Å². The van der Waals surface area contributed by atoms with Crippen molar-refractivity contribution in [1.82, 2.24) is 9.62 Å². The molecular formula is C8H18N2O3S. The molecular weight excluding hydrogens is 204 g/mol. The second kappa shape index (κ2) is 5.06. The van der Waals surface area contributed by atoms with E-state index < -0.39 is 10.0 Å². The van der Waals surface area contributed by atoms with E-state index in [4.69, 9.17) is 5.11 Å². The third-order valence-electron chi connectivity index (χ3n) is 2.39. The Hall–Kier alpha value is -0.170. The summed E-state index contributed by atoms with van der Waals surface area (Å²) in [6.07, 6.45) is 2.82. The number of nitrogens with one attached hydrogen (secondary N) is 1. The maximum atomic E-state index is 11.2. The summed E-state index contributed by atoms with van der Waals surface area (Å²) in [7, 11) is -3.02. The molecule has 1 heterocycles. The van der Waals surface area contributed by atoms with Crippen molar-refractivity contribution >= 4 is 10.0 Å². The average molecular weight is 222 g/mol. The first-order valence-electron chi connectivity index (χ1n) is 4.83. The average Bonchev–Trinajstić information content (AvgIpc) is 2.52. The summed E-state index contributed by atoms with van der Waals surface area (Å²) in [4.78, 5) is 0. The molecule has 0 aliphatic carbocycles. The van der Waals surface area contributed by atoms with Crippen molar-refractivity contribution in [3.05, 3.63) is 0 Å². The highest BCUT2D eigenvalue weighted by molar-refractivity contribution is 7.88. The van der Waals surface area contributed by atoms with Gasteiger partial charge in [-0.2, -0.15) is 0 Å². The topological polar surface area (TPSA) is 69.6 Å². The molecule has 5 nitrogen and oxygen atoms in total. The largest absolute Gasteiger partial charge is 0.396 e. The van der Waals surface area contributed by atoms with Gasteiger partial charge >= 0.3 is 0 Å². The van der Waals surface area contributed by atoms with Gasteiger partial charge in [0.2, 0.25) is 10.0 Å². The molecule has 0 saturated carbocycles. The van der Waals surface area contributed by atoms with Crippen LogP contribution in [0.3, 0.4) is 0 Å². The van der Waals surface area contributed by atoms with Crippen LogP contribution >= 0.6 is 0 Å². The van der Waals surface area contributed by atoms with Gasteiger partial charge in [0.1, 0.15) is 0 Å². The molecule has 14 heavy (non-hydrogen) atoms. The van der Waals surface area contributed by atoms with E-state index in [0.29, 0.717) is 13.1 Å². The van der Waals surface area contributed by atoms with E-state index >= 15 is 0 Å². The van der Waals surface area contributed by atoms with Gasteiger partial charge in [0, 0.05) is 25.7 Å². The van der Waals surface area contributed by atoms with Gasteiger partial charge in [-0.1, -0.05) is 0 Å². The molecule has 1 aliphatic rings. The van der Waals surface area contributed by atoms with Crippen molar-refractivity contribution in [3.8, 4) is 0 Å². The zero-order valence-electron chi connectivity index (χ0n) is 8.44.